The van der Waals surface area contributed by atoms with Gasteiger partial charge in [-0.25, -0.2) is 9.13 Å². The van der Waals surface area contributed by atoms with E-state index in [1.54, 1.807) is 0 Å². The van der Waals surface area contributed by atoms with Crippen molar-refractivity contribution in [3.63, 3.8) is 0 Å². The van der Waals surface area contributed by atoms with Crippen LogP contribution in [0, 0.1) is 11.8 Å². The van der Waals surface area contributed by atoms with Crippen molar-refractivity contribution in [2.75, 3.05) is 39.6 Å². The molecule has 17 nitrogen and oxygen atoms in total. The van der Waals surface area contributed by atoms with Gasteiger partial charge >= 0.3 is 39.5 Å². The molecule has 0 rings (SSSR count). The zero-order chi connectivity index (χ0) is 62.2. The molecule has 19 heteroatoms. The van der Waals surface area contributed by atoms with Crippen LogP contribution in [0.2, 0.25) is 0 Å². The summed E-state index contributed by atoms with van der Waals surface area (Å²) >= 11 is 0. The molecule has 0 aromatic heterocycles. The van der Waals surface area contributed by atoms with E-state index in [1.165, 1.54) is 141 Å². The van der Waals surface area contributed by atoms with Crippen molar-refractivity contribution in [1.82, 2.24) is 0 Å². The van der Waals surface area contributed by atoms with Gasteiger partial charge in [-0.3, -0.25) is 37.3 Å². The fourth-order valence-electron chi connectivity index (χ4n) is 9.71. The molecule has 0 radical (unpaired) electrons. The Bertz CT molecular complexity index is 1650. The topological polar surface area (TPSA) is 237 Å². The number of hydrogen-bond acceptors (Lipinski definition) is 15. The lowest BCUT2D eigenvalue weighted by Crippen LogP contribution is -2.30. The number of aliphatic hydroxyl groups is 1. The third-order valence-electron chi connectivity index (χ3n) is 15.0. The number of aliphatic hydroxyl groups excluding tert-OH is 1. The first-order valence-electron chi connectivity index (χ1n) is 34.0. The molecule has 0 saturated carbocycles. The molecule has 2 unspecified atom stereocenters. The van der Waals surface area contributed by atoms with Gasteiger partial charge in [0, 0.05) is 25.7 Å². The molecule has 0 bridgehead atoms. The van der Waals surface area contributed by atoms with Crippen molar-refractivity contribution < 1.29 is 80.2 Å². The van der Waals surface area contributed by atoms with Gasteiger partial charge in [0.05, 0.1) is 26.4 Å². The second-order valence-corrected chi connectivity index (χ2v) is 27.4. The van der Waals surface area contributed by atoms with E-state index in [2.05, 4.69) is 41.5 Å². The quantitative estimate of drug-likeness (QED) is 0.0222. The van der Waals surface area contributed by atoms with E-state index in [1.807, 2.05) is 0 Å². The Morgan fingerprint density at radius 2 is 0.548 bits per heavy atom. The van der Waals surface area contributed by atoms with Gasteiger partial charge in [-0.05, 0) is 37.5 Å². The second-order valence-electron chi connectivity index (χ2n) is 24.5. The first-order valence-corrected chi connectivity index (χ1v) is 37.0. The molecule has 84 heavy (non-hydrogen) atoms. The summed E-state index contributed by atoms with van der Waals surface area (Å²) in [6.07, 6.45) is 40.2. The van der Waals surface area contributed by atoms with E-state index >= 15 is 0 Å². The first-order chi connectivity index (χ1) is 40.4. The van der Waals surface area contributed by atoms with Crippen LogP contribution < -0.4 is 0 Å². The molecule has 0 aromatic carbocycles. The Hall–Kier alpha value is -1.94. The normalized spacial score (nSPS) is 14.3. The average Bonchev–Trinajstić information content (AvgIpc) is 3.50. The number of phosphoric ester groups is 2. The number of hydrogen-bond donors (Lipinski definition) is 3. The Labute approximate surface area is 511 Å². The van der Waals surface area contributed by atoms with Crippen LogP contribution in [0.5, 0.6) is 0 Å². The highest BCUT2D eigenvalue weighted by Crippen LogP contribution is 2.45. The summed E-state index contributed by atoms with van der Waals surface area (Å²) in [5, 5.41) is 10.5. The predicted octanol–water partition coefficient (Wildman–Crippen LogP) is 18.0. The number of rotatable bonds is 64. The zero-order valence-electron chi connectivity index (χ0n) is 54.2. The van der Waals surface area contributed by atoms with Crippen LogP contribution in [-0.2, 0) is 65.4 Å². The Kier molecular flexibility index (Phi) is 56.2. The van der Waals surface area contributed by atoms with E-state index < -0.39 is 97.5 Å². The van der Waals surface area contributed by atoms with Crippen LogP contribution in [0.25, 0.3) is 0 Å². The number of esters is 4. The fraction of sp³-hybridized carbons (Fsp3) is 0.938. The minimum atomic E-state index is -4.95. The molecule has 0 aliphatic rings. The van der Waals surface area contributed by atoms with Crippen molar-refractivity contribution in [2.45, 2.75) is 342 Å². The van der Waals surface area contributed by atoms with Gasteiger partial charge < -0.3 is 33.8 Å². The Morgan fingerprint density at radius 3 is 0.810 bits per heavy atom. The lowest BCUT2D eigenvalue weighted by molar-refractivity contribution is -0.161. The molecular formula is C65H126O17P2. The minimum absolute atomic E-state index is 0.105. The highest BCUT2D eigenvalue weighted by atomic mass is 31.2. The summed E-state index contributed by atoms with van der Waals surface area (Å²) in [6, 6.07) is 0. The summed E-state index contributed by atoms with van der Waals surface area (Å²) in [4.78, 5) is 72.2. The molecule has 0 amide bonds. The number of unbranched alkanes of at least 4 members (excludes halogenated alkanes) is 34. The summed E-state index contributed by atoms with van der Waals surface area (Å²) in [6.45, 7) is 9.45. The number of phosphoric acid groups is 2. The van der Waals surface area contributed by atoms with E-state index in [9.17, 15) is 43.2 Å². The number of carbonyl (C=O) groups excluding carboxylic acids is 4. The molecular weight excluding hydrogens is 1110 g/mol. The van der Waals surface area contributed by atoms with Crippen LogP contribution in [0.15, 0.2) is 0 Å². The average molecular weight is 1240 g/mol. The minimum Gasteiger partial charge on any atom is -0.462 e. The molecule has 0 saturated heterocycles. The number of ether oxygens (including phenoxy) is 4. The molecule has 0 aliphatic heterocycles. The monoisotopic (exact) mass is 1240 g/mol. The lowest BCUT2D eigenvalue weighted by Gasteiger charge is -2.21. The maximum absolute atomic E-state index is 13.0. The van der Waals surface area contributed by atoms with Gasteiger partial charge in [-0.1, -0.05) is 273 Å². The molecule has 0 aliphatic carbocycles. The second kappa shape index (κ2) is 57.5. The van der Waals surface area contributed by atoms with Gasteiger partial charge in [0.2, 0.25) is 0 Å². The van der Waals surface area contributed by atoms with Crippen LogP contribution in [0.3, 0.4) is 0 Å². The molecule has 5 atom stereocenters. The summed E-state index contributed by atoms with van der Waals surface area (Å²) < 4.78 is 68.0. The maximum atomic E-state index is 13.0. The third kappa shape index (κ3) is 59.0. The van der Waals surface area contributed by atoms with Crippen LogP contribution >= 0.6 is 15.6 Å². The van der Waals surface area contributed by atoms with Gasteiger partial charge in [-0.2, -0.15) is 0 Å². The van der Waals surface area contributed by atoms with Gasteiger partial charge in [-0.15, -0.1) is 0 Å². The van der Waals surface area contributed by atoms with E-state index in [0.29, 0.717) is 25.7 Å². The van der Waals surface area contributed by atoms with E-state index in [-0.39, 0.29) is 25.7 Å². The smallest absolute Gasteiger partial charge is 0.462 e. The van der Waals surface area contributed by atoms with Crippen LogP contribution in [0.4, 0.5) is 0 Å². The fourth-order valence-corrected chi connectivity index (χ4v) is 11.3. The van der Waals surface area contributed by atoms with Crippen LogP contribution in [-0.4, -0.2) is 96.7 Å². The van der Waals surface area contributed by atoms with Crippen molar-refractivity contribution in [3.05, 3.63) is 0 Å². The van der Waals surface area contributed by atoms with Gasteiger partial charge in [0.25, 0.3) is 0 Å². The molecule has 3 N–H and O–H groups in total. The molecule has 0 aromatic rings. The van der Waals surface area contributed by atoms with Crippen molar-refractivity contribution >= 4 is 39.5 Å². The Balaban J connectivity index is 5.24. The van der Waals surface area contributed by atoms with Crippen LogP contribution in [0.1, 0.15) is 324 Å². The van der Waals surface area contributed by atoms with Gasteiger partial charge in [0.15, 0.2) is 12.2 Å². The summed E-state index contributed by atoms with van der Waals surface area (Å²) in [7, 11) is -9.89. The van der Waals surface area contributed by atoms with Gasteiger partial charge in [0.1, 0.15) is 19.3 Å². The van der Waals surface area contributed by atoms with E-state index in [0.717, 1.165) is 102 Å². The van der Waals surface area contributed by atoms with Crippen molar-refractivity contribution in [2.24, 2.45) is 11.8 Å². The summed E-state index contributed by atoms with van der Waals surface area (Å²) in [5.41, 5.74) is 0. The van der Waals surface area contributed by atoms with Crippen molar-refractivity contribution in [1.29, 1.82) is 0 Å². The largest absolute Gasteiger partial charge is 0.472 e. The zero-order valence-corrected chi connectivity index (χ0v) is 56.0. The molecule has 498 valence electrons. The number of carbonyl (C=O) groups is 4. The molecule has 0 fully saturated rings. The lowest BCUT2D eigenvalue weighted by atomic mass is 10.0. The maximum Gasteiger partial charge on any atom is 0.472 e. The molecule has 0 spiro atoms. The predicted molar refractivity (Wildman–Crippen MR) is 335 cm³/mol. The highest BCUT2D eigenvalue weighted by molar-refractivity contribution is 7.47. The Morgan fingerprint density at radius 1 is 0.321 bits per heavy atom. The standard InChI is InChI=1S/C65H126O17P2/c1-7-9-11-13-15-17-24-31-37-43-49-64(69)81-60(53-75-62(67)47-41-35-29-21-16-14-12-10-8-2)55-79-83(71,72)77-51-59(66)52-78-84(73,74)80-56-61(54-76-63(68)48-42-36-30-26-20-23-28-34-40-46-58(5)6)82-65(70)50-44-38-32-25-19-18-22-27-33-39-45-57(3)4/h57-61,66H,7-56H2,1-6H3,(H,71,72)(H,73,74)/t59-,60+,61+/m0/s1. The van der Waals surface area contributed by atoms with Crippen molar-refractivity contribution in [3.8, 4) is 0 Å². The summed E-state index contributed by atoms with van der Waals surface area (Å²) in [5.74, 6) is -0.637. The first kappa shape index (κ1) is 82.1. The molecule has 0 heterocycles. The highest BCUT2D eigenvalue weighted by Gasteiger charge is 2.30. The SMILES string of the molecule is CCCCCCCCCCCCC(=O)O[C@H](COC(=O)CCCCCCCCCCC)COP(=O)(O)OC[C@H](O)COP(=O)(O)OC[C@@H](COC(=O)CCCCCCCCCCCC(C)C)OC(=O)CCCCCCCCCCCCC(C)C. The van der Waals surface area contributed by atoms with E-state index in [4.69, 9.17) is 37.0 Å². The third-order valence-corrected chi connectivity index (χ3v) is 16.9.